The number of aliphatic hydroxyl groups excluding tert-OH is 4. The van der Waals surface area contributed by atoms with E-state index in [1.807, 2.05) is 0 Å². The number of nitrogens with zero attached hydrogens (tertiary/aromatic N) is 1. The molecule has 0 saturated carbocycles. The van der Waals surface area contributed by atoms with Gasteiger partial charge in [0.05, 0.1) is 24.2 Å². The largest absolute Gasteiger partial charge is 0.491 e. The van der Waals surface area contributed by atoms with Crippen molar-refractivity contribution in [1.82, 2.24) is 0 Å². The zero-order valence-electron chi connectivity index (χ0n) is 11.2. The second-order valence-corrected chi connectivity index (χ2v) is 4.30. The smallest absolute Gasteiger partial charge is 0.292 e. The number of anilines is 1. The molecule has 0 bridgehead atoms. The first kappa shape index (κ1) is 17.1. The van der Waals surface area contributed by atoms with Crippen molar-refractivity contribution >= 4 is 11.4 Å². The van der Waals surface area contributed by atoms with Gasteiger partial charge < -0.3 is 30.5 Å². The van der Waals surface area contributed by atoms with E-state index in [0.717, 1.165) is 0 Å². The fourth-order valence-corrected chi connectivity index (χ4v) is 1.44. The van der Waals surface area contributed by atoms with Crippen molar-refractivity contribution in [3.05, 3.63) is 28.3 Å². The molecule has 0 aliphatic rings. The van der Waals surface area contributed by atoms with Crippen LogP contribution in [-0.4, -0.2) is 63.9 Å². The van der Waals surface area contributed by atoms with Crippen LogP contribution in [0.15, 0.2) is 18.2 Å². The first-order valence-corrected chi connectivity index (χ1v) is 6.20. The van der Waals surface area contributed by atoms with E-state index in [2.05, 4.69) is 5.32 Å². The molecule has 1 aromatic rings. The molecule has 2 unspecified atom stereocenters. The highest BCUT2D eigenvalue weighted by molar-refractivity contribution is 5.64. The maximum atomic E-state index is 10.9. The minimum Gasteiger partial charge on any atom is -0.491 e. The van der Waals surface area contributed by atoms with Gasteiger partial charge in [0.2, 0.25) is 0 Å². The van der Waals surface area contributed by atoms with Crippen LogP contribution in [-0.2, 0) is 0 Å². The molecular weight excluding hydrogens is 284 g/mol. The molecule has 9 heteroatoms. The summed E-state index contributed by atoms with van der Waals surface area (Å²) in [5, 5.41) is 49.4. The maximum absolute atomic E-state index is 10.9. The van der Waals surface area contributed by atoms with Gasteiger partial charge in [-0.3, -0.25) is 10.1 Å². The van der Waals surface area contributed by atoms with Crippen molar-refractivity contribution < 1.29 is 30.1 Å². The third-order valence-corrected chi connectivity index (χ3v) is 2.56. The molecule has 5 N–H and O–H groups in total. The van der Waals surface area contributed by atoms with E-state index in [-0.39, 0.29) is 30.3 Å². The van der Waals surface area contributed by atoms with Crippen LogP contribution >= 0.6 is 0 Å². The molecule has 9 nitrogen and oxygen atoms in total. The Labute approximate surface area is 120 Å². The lowest BCUT2D eigenvalue weighted by atomic mass is 10.2. The Morgan fingerprint density at radius 2 is 1.90 bits per heavy atom. The van der Waals surface area contributed by atoms with E-state index in [1.54, 1.807) is 0 Å². The molecule has 0 spiro atoms. The van der Waals surface area contributed by atoms with Crippen LogP contribution < -0.4 is 10.1 Å². The highest BCUT2D eigenvalue weighted by atomic mass is 16.6. The highest BCUT2D eigenvalue weighted by Crippen LogP contribution is 2.29. The summed E-state index contributed by atoms with van der Waals surface area (Å²) in [6.07, 6.45) is -2.10. The minimum absolute atomic E-state index is 0.0694. The van der Waals surface area contributed by atoms with Crippen LogP contribution in [0.4, 0.5) is 11.4 Å². The van der Waals surface area contributed by atoms with Crippen LogP contribution in [0.3, 0.4) is 0 Å². The SMILES string of the molecule is O=[N+]([O-])c1ccc(OCC(O)CO)cc1NCC(O)CO. The Morgan fingerprint density at radius 1 is 1.24 bits per heavy atom. The zero-order valence-corrected chi connectivity index (χ0v) is 11.2. The molecule has 0 aliphatic heterocycles. The second-order valence-electron chi connectivity index (χ2n) is 4.30. The van der Waals surface area contributed by atoms with Crippen molar-refractivity contribution in [2.24, 2.45) is 0 Å². The number of hydrogen-bond donors (Lipinski definition) is 5. The number of rotatable bonds is 9. The molecule has 0 heterocycles. The van der Waals surface area contributed by atoms with E-state index in [4.69, 9.17) is 14.9 Å². The van der Waals surface area contributed by atoms with E-state index in [1.165, 1.54) is 18.2 Å². The summed E-state index contributed by atoms with van der Waals surface area (Å²) in [7, 11) is 0. The van der Waals surface area contributed by atoms with Crippen LogP contribution in [0, 0.1) is 10.1 Å². The lowest BCUT2D eigenvalue weighted by molar-refractivity contribution is -0.384. The van der Waals surface area contributed by atoms with Gasteiger partial charge in [-0.1, -0.05) is 0 Å². The number of benzene rings is 1. The number of nitro groups is 1. The third-order valence-electron chi connectivity index (χ3n) is 2.56. The molecule has 118 valence electrons. The Bertz CT molecular complexity index is 469. The van der Waals surface area contributed by atoms with Gasteiger partial charge >= 0.3 is 0 Å². The molecule has 2 atom stereocenters. The molecule has 1 aromatic carbocycles. The lowest BCUT2D eigenvalue weighted by Gasteiger charge is -2.13. The first-order valence-electron chi connectivity index (χ1n) is 6.20. The summed E-state index contributed by atoms with van der Waals surface area (Å²) in [5.74, 6) is 0.258. The molecule has 0 fully saturated rings. The van der Waals surface area contributed by atoms with Gasteiger partial charge in [-0.2, -0.15) is 0 Å². The summed E-state index contributed by atoms with van der Waals surface area (Å²) in [4.78, 5) is 10.3. The molecule has 0 aromatic heterocycles. The van der Waals surface area contributed by atoms with Gasteiger partial charge in [0, 0.05) is 18.7 Å². The predicted octanol–water partition coefficient (Wildman–Crippen LogP) is -0.908. The summed E-state index contributed by atoms with van der Waals surface area (Å²) in [6, 6.07) is 3.91. The molecular formula is C12H18N2O7. The Morgan fingerprint density at radius 3 is 2.48 bits per heavy atom. The van der Waals surface area contributed by atoms with Crippen molar-refractivity contribution in [2.45, 2.75) is 12.2 Å². The van der Waals surface area contributed by atoms with Crippen LogP contribution in [0.5, 0.6) is 5.75 Å². The van der Waals surface area contributed by atoms with Gasteiger partial charge in [0.25, 0.3) is 5.69 Å². The van der Waals surface area contributed by atoms with Gasteiger partial charge in [-0.25, -0.2) is 0 Å². The van der Waals surface area contributed by atoms with E-state index in [0.29, 0.717) is 0 Å². The number of aliphatic hydroxyl groups is 4. The van der Waals surface area contributed by atoms with Crippen molar-refractivity contribution in [1.29, 1.82) is 0 Å². The van der Waals surface area contributed by atoms with Gasteiger partial charge in [0.1, 0.15) is 24.1 Å². The van der Waals surface area contributed by atoms with Crippen molar-refractivity contribution in [2.75, 3.05) is 31.7 Å². The second kappa shape index (κ2) is 8.37. The molecule has 1 rings (SSSR count). The van der Waals surface area contributed by atoms with Gasteiger partial charge in [-0.15, -0.1) is 0 Å². The number of nitrogens with one attached hydrogen (secondary N) is 1. The number of nitro benzene ring substituents is 1. The summed E-state index contributed by atoms with van der Waals surface area (Å²) >= 11 is 0. The number of ether oxygens (including phenoxy) is 1. The predicted molar refractivity (Wildman–Crippen MR) is 73.3 cm³/mol. The topological polar surface area (TPSA) is 145 Å². The Hall–Kier alpha value is -1.94. The van der Waals surface area contributed by atoms with Crippen LogP contribution in [0.25, 0.3) is 0 Å². The molecule has 0 saturated heterocycles. The summed E-state index contributed by atoms with van der Waals surface area (Å²) in [5.41, 5.74) is -0.0984. The van der Waals surface area contributed by atoms with E-state index >= 15 is 0 Å². The summed E-state index contributed by atoms with van der Waals surface area (Å²) < 4.78 is 5.18. The molecule has 21 heavy (non-hydrogen) atoms. The Kier molecular flexibility index (Phi) is 6.82. The monoisotopic (exact) mass is 302 g/mol. The van der Waals surface area contributed by atoms with Crippen LogP contribution in [0.2, 0.25) is 0 Å². The van der Waals surface area contributed by atoms with Gasteiger partial charge in [-0.05, 0) is 6.07 Å². The average Bonchev–Trinajstić information content (AvgIpc) is 2.49. The number of hydrogen-bond acceptors (Lipinski definition) is 8. The fraction of sp³-hybridized carbons (Fsp3) is 0.500. The average molecular weight is 302 g/mol. The Balaban J connectivity index is 2.82. The highest BCUT2D eigenvalue weighted by Gasteiger charge is 2.16. The van der Waals surface area contributed by atoms with Crippen LogP contribution in [0.1, 0.15) is 0 Å². The van der Waals surface area contributed by atoms with E-state index in [9.17, 15) is 20.3 Å². The molecule has 0 aliphatic carbocycles. The quantitative estimate of drug-likeness (QED) is 0.291. The normalized spacial score (nSPS) is 13.5. The van der Waals surface area contributed by atoms with E-state index < -0.39 is 30.3 Å². The molecule has 0 amide bonds. The fourth-order valence-electron chi connectivity index (χ4n) is 1.44. The van der Waals surface area contributed by atoms with Gasteiger partial charge in [0.15, 0.2) is 0 Å². The molecule has 0 radical (unpaired) electrons. The standard InChI is InChI=1S/C12H18N2O7/c15-5-8(17)4-13-11-3-10(21-7-9(18)6-16)1-2-12(11)14(19)20/h1-3,8-9,13,15-18H,4-7H2. The minimum atomic E-state index is -1.05. The lowest BCUT2D eigenvalue weighted by Crippen LogP contribution is -2.23. The maximum Gasteiger partial charge on any atom is 0.292 e. The zero-order chi connectivity index (χ0) is 15.8. The summed E-state index contributed by atoms with van der Waals surface area (Å²) in [6.45, 7) is -1.16. The van der Waals surface area contributed by atoms with Crippen molar-refractivity contribution in [3.63, 3.8) is 0 Å². The van der Waals surface area contributed by atoms with Crippen molar-refractivity contribution in [3.8, 4) is 5.75 Å². The first-order chi connectivity index (χ1) is 9.97. The third kappa shape index (κ3) is 5.52.